The zero-order chi connectivity index (χ0) is 14.5. The van der Waals surface area contributed by atoms with Crippen molar-refractivity contribution in [2.45, 2.75) is 0 Å². The highest BCUT2D eigenvalue weighted by atomic mass is 16.2. The van der Waals surface area contributed by atoms with E-state index < -0.39 is 0 Å². The number of aromatic amines is 1. The molecule has 0 spiro atoms. The molecule has 0 aliphatic rings. The quantitative estimate of drug-likeness (QED) is 0.642. The van der Waals surface area contributed by atoms with Crippen molar-refractivity contribution in [3.8, 4) is 0 Å². The average Bonchev–Trinajstić information content (AvgIpc) is 2.95. The van der Waals surface area contributed by atoms with Gasteiger partial charge in [-0.1, -0.05) is 36.4 Å². The molecule has 0 atom stereocenters. The molecular formula is C17H15N3O. The molecule has 0 aliphatic carbocycles. The van der Waals surface area contributed by atoms with Crippen LogP contribution in [0.25, 0.3) is 17.0 Å². The lowest BCUT2D eigenvalue weighted by Gasteiger charge is -2.03. The van der Waals surface area contributed by atoms with E-state index in [1.807, 2.05) is 54.7 Å². The number of aromatic nitrogens is 1. The van der Waals surface area contributed by atoms with Gasteiger partial charge >= 0.3 is 0 Å². The van der Waals surface area contributed by atoms with Crippen LogP contribution in [0.5, 0.6) is 0 Å². The van der Waals surface area contributed by atoms with E-state index in [1.165, 1.54) is 0 Å². The summed E-state index contributed by atoms with van der Waals surface area (Å²) in [4.78, 5) is 15.0. The molecule has 21 heavy (non-hydrogen) atoms. The molecule has 3 N–H and O–H groups in total. The molecule has 0 unspecified atom stereocenters. The number of carbonyl (C=O) groups is 1. The topological polar surface area (TPSA) is 56.9 Å². The van der Waals surface area contributed by atoms with Gasteiger partial charge in [-0.15, -0.1) is 0 Å². The summed E-state index contributed by atoms with van der Waals surface area (Å²) in [5.74, 6) is -0.167. The summed E-state index contributed by atoms with van der Waals surface area (Å²) in [5.41, 5.74) is 8.18. The summed E-state index contributed by atoms with van der Waals surface area (Å²) in [6, 6.07) is 17.1. The first-order valence-electron chi connectivity index (χ1n) is 6.68. The lowest BCUT2D eigenvalue weighted by molar-refractivity contribution is 0.0941. The standard InChI is InChI=1S/C17H15N3O/c21-17(13-6-2-1-3-7-13)20-19-11-10-14-12-18-16-9-5-4-8-15(14)16/h1-12,18-19H,(H,20,21). The molecule has 1 aromatic heterocycles. The molecule has 0 fully saturated rings. The van der Waals surface area contributed by atoms with Gasteiger partial charge in [-0.2, -0.15) is 0 Å². The minimum atomic E-state index is -0.167. The number of carbonyl (C=O) groups excluding carboxylic acids is 1. The normalized spacial score (nSPS) is 10.9. The number of rotatable bonds is 4. The van der Waals surface area contributed by atoms with E-state index in [1.54, 1.807) is 18.3 Å². The predicted octanol–water partition coefficient (Wildman–Crippen LogP) is 3.07. The Kier molecular flexibility index (Phi) is 3.69. The van der Waals surface area contributed by atoms with E-state index >= 15 is 0 Å². The second-order valence-electron chi connectivity index (χ2n) is 4.59. The van der Waals surface area contributed by atoms with Crippen LogP contribution in [0.2, 0.25) is 0 Å². The van der Waals surface area contributed by atoms with Gasteiger partial charge in [-0.05, 0) is 24.3 Å². The van der Waals surface area contributed by atoms with Crippen molar-refractivity contribution in [3.05, 3.63) is 78.1 Å². The summed E-state index contributed by atoms with van der Waals surface area (Å²) in [6.45, 7) is 0. The summed E-state index contributed by atoms with van der Waals surface area (Å²) in [7, 11) is 0. The molecule has 1 amide bonds. The number of nitrogens with one attached hydrogen (secondary N) is 3. The number of benzene rings is 2. The van der Waals surface area contributed by atoms with Crippen LogP contribution >= 0.6 is 0 Å². The molecule has 104 valence electrons. The minimum Gasteiger partial charge on any atom is -0.361 e. The Morgan fingerprint density at radius 2 is 1.76 bits per heavy atom. The van der Waals surface area contributed by atoms with Gasteiger partial charge < -0.3 is 10.4 Å². The molecule has 0 bridgehead atoms. The fourth-order valence-electron chi connectivity index (χ4n) is 2.13. The molecule has 0 saturated carbocycles. The van der Waals surface area contributed by atoms with Crippen LogP contribution in [0.3, 0.4) is 0 Å². The molecule has 0 aliphatic heterocycles. The lowest BCUT2D eigenvalue weighted by Crippen LogP contribution is -2.33. The maximum absolute atomic E-state index is 11.8. The van der Waals surface area contributed by atoms with Crippen molar-refractivity contribution in [1.29, 1.82) is 0 Å². The summed E-state index contributed by atoms with van der Waals surface area (Å²) >= 11 is 0. The highest BCUT2D eigenvalue weighted by Crippen LogP contribution is 2.18. The van der Waals surface area contributed by atoms with E-state index in [0.29, 0.717) is 5.56 Å². The van der Waals surface area contributed by atoms with Crippen LogP contribution in [0.4, 0.5) is 0 Å². The van der Waals surface area contributed by atoms with Crippen molar-refractivity contribution in [3.63, 3.8) is 0 Å². The number of H-pyrrole nitrogens is 1. The Morgan fingerprint density at radius 1 is 1.00 bits per heavy atom. The molecule has 4 nitrogen and oxygen atoms in total. The first kappa shape index (κ1) is 13.0. The molecule has 2 aromatic carbocycles. The molecule has 1 heterocycles. The predicted molar refractivity (Wildman–Crippen MR) is 84.4 cm³/mol. The van der Waals surface area contributed by atoms with Gasteiger partial charge in [0.2, 0.25) is 0 Å². The van der Waals surface area contributed by atoms with Gasteiger partial charge in [-0.25, -0.2) is 0 Å². The largest absolute Gasteiger partial charge is 0.361 e. The van der Waals surface area contributed by atoms with Gasteiger partial charge in [0, 0.05) is 34.4 Å². The van der Waals surface area contributed by atoms with Crippen molar-refractivity contribution in [2.24, 2.45) is 0 Å². The Hall–Kier alpha value is -3.01. The second-order valence-corrected chi connectivity index (χ2v) is 4.59. The van der Waals surface area contributed by atoms with Crippen LogP contribution in [0, 0.1) is 0 Å². The van der Waals surface area contributed by atoms with Gasteiger partial charge in [-0.3, -0.25) is 10.2 Å². The first-order chi connectivity index (χ1) is 10.3. The average molecular weight is 277 g/mol. The number of fused-ring (bicyclic) bond motifs is 1. The molecule has 3 rings (SSSR count). The SMILES string of the molecule is O=C(NNC=Cc1c[nH]c2ccccc12)c1ccccc1. The summed E-state index contributed by atoms with van der Waals surface area (Å²) in [6.07, 6.45) is 5.54. The van der Waals surface area contributed by atoms with E-state index in [9.17, 15) is 4.79 Å². The van der Waals surface area contributed by atoms with Crippen LogP contribution in [0.1, 0.15) is 15.9 Å². The Balaban J connectivity index is 1.61. The lowest BCUT2D eigenvalue weighted by atomic mass is 10.2. The van der Waals surface area contributed by atoms with Gasteiger partial charge in [0.05, 0.1) is 0 Å². The van der Waals surface area contributed by atoms with Crippen molar-refractivity contribution < 1.29 is 4.79 Å². The number of hydrogen-bond donors (Lipinski definition) is 3. The zero-order valence-corrected chi connectivity index (χ0v) is 11.3. The van der Waals surface area contributed by atoms with E-state index in [4.69, 9.17) is 0 Å². The molecule has 0 radical (unpaired) electrons. The maximum Gasteiger partial charge on any atom is 0.269 e. The molecule has 0 saturated heterocycles. The monoisotopic (exact) mass is 277 g/mol. The van der Waals surface area contributed by atoms with Crippen LogP contribution < -0.4 is 10.9 Å². The molecule has 3 aromatic rings. The molecule has 4 heteroatoms. The molecular weight excluding hydrogens is 262 g/mol. The third-order valence-corrected chi connectivity index (χ3v) is 3.19. The summed E-state index contributed by atoms with van der Waals surface area (Å²) < 4.78 is 0. The Labute approximate surface area is 122 Å². The minimum absolute atomic E-state index is 0.167. The fourth-order valence-corrected chi connectivity index (χ4v) is 2.13. The third kappa shape index (κ3) is 2.95. The van der Waals surface area contributed by atoms with E-state index in [2.05, 4.69) is 15.8 Å². The van der Waals surface area contributed by atoms with Crippen molar-refractivity contribution in [1.82, 2.24) is 15.8 Å². The summed E-state index contributed by atoms with van der Waals surface area (Å²) in [5, 5.41) is 1.14. The van der Waals surface area contributed by atoms with E-state index in [-0.39, 0.29) is 5.91 Å². The van der Waals surface area contributed by atoms with Gasteiger partial charge in [0.25, 0.3) is 5.91 Å². The van der Waals surface area contributed by atoms with Crippen LogP contribution in [0.15, 0.2) is 67.0 Å². The number of para-hydroxylation sites is 1. The Morgan fingerprint density at radius 3 is 2.62 bits per heavy atom. The fraction of sp³-hybridized carbons (Fsp3) is 0. The van der Waals surface area contributed by atoms with Gasteiger partial charge in [0.15, 0.2) is 0 Å². The van der Waals surface area contributed by atoms with E-state index in [0.717, 1.165) is 16.5 Å². The number of amides is 1. The van der Waals surface area contributed by atoms with Crippen LogP contribution in [-0.4, -0.2) is 10.9 Å². The number of hydrogen-bond acceptors (Lipinski definition) is 2. The van der Waals surface area contributed by atoms with Crippen molar-refractivity contribution in [2.75, 3.05) is 0 Å². The highest BCUT2D eigenvalue weighted by Gasteiger charge is 2.01. The number of hydrazine groups is 1. The third-order valence-electron chi connectivity index (χ3n) is 3.19. The van der Waals surface area contributed by atoms with Gasteiger partial charge in [0.1, 0.15) is 0 Å². The van der Waals surface area contributed by atoms with Crippen LogP contribution in [-0.2, 0) is 0 Å². The zero-order valence-electron chi connectivity index (χ0n) is 11.3. The highest BCUT2D eigenvalue weighted by molar-refractivity contribution is 5.94. The Bertz CT molecular complexity index is 775. The smallest absolute Gasteiger partial charge is 0.269 e. The maximum atomic E-state index is 11.8. The second kappa shape index (κ2) is 5.96. The van der Waals surface area contributed by atoms with Crippen molar-refractivity contribution >= 4 is 22.9 Å². The first-order valence-corrected chi connectivity index (χ1v) is 6.68.